The number of aryl methyl sites for hydroxylation is 1. The first kappa shape index (κ1) is 16.4. The SMILES string of the molecule is CNC(=O)C1CN(c2ccc(F)cc2)CCN1Cc1coc(C)n1. The molecule has 6 nitrogen and oxygen atoms in total. The van der Waals surface area contributed by atoms with Gasteiger partial charge in [0.25, 0.3) is 0 Å². The Labute approximate surface area is 140 Å². The second-order valence-corrected chi connectivity index (χ2v) is 5.88. The van der Waals surface area contributed by atoms with Gasteiger partial charge in [-0.3, -0.25) is 9.69 Å². The van der Waals surface area contributed by atoms with Crippen LogP contribution in [0.15, 0.2) is 34.9 Å². The number of carbonyl (C=O) groups excluding carboxylic acids is 1. The lowest BCUT2D eigenvalue weighted by molar-refractivity contribution is -0.126. The van der Waals surface area contributed by atoms with Crippen LogP contribution < -0.4 is 10.2 Å². The van der Waals surface area contributed by atoms with E-state index in [9.17, 15) is 9.18 Å². The van der Waals surface area contributed by atoms with Crippen molar-refractivity contribution in [2.24, 2.45) is 0 Å². The predicted octanol–water partition coefficient (Wildman–Crippen LogP) is 1.56. The molecule has 1 amide bonds. The van der Waals surface area contributed by atoms with Gasteiger partial charge in [-0.05, 0) is 24.3 Å². The molecule has 1 atom stereocenters. The topological polar surface area (TPSA) is 61.6 Å². The van der Waals surface area contributed by atoms with E-state index >= 15 is 0 Å². The molecule has 3 rings (SSSR count). The van der Waals surface area contributed by atoms with Crippen molar-refractivity contribution in [3.63, 3.8) is 0 Å². The third-order valence-corrected chi connectivity index (χ3v) is 4.26. The average Bonchev–Trinajstić information content (AvgIpc) is 3.00. The van der Waals surface area contributed by atoms with Crippen LogP contribution >= 0.6 is 0 Å². The summed E-state index contributed by atoms with van der Waals surface area (Å²) in [7, 11) is 1.64. The Kier molecular flexibility index (Phi) is 4.80. The van der Waals surface area contributed by atoms with Gasteiger partial charge in [0.1, 0.15) is 18.1 Å². The molecule has 2 aromatic rings. The average molecular weight is 332 g/mol. The fraction of sp³-hybridized carbons (Fsp3) is 0.412. The number of aromatic nitrogens is 1. The Bertz CT molecular complexity index is 701. The highest BCUT2D eigenvalue weighted by molar-refractivity contribution is 5.82. The lowest BCUT2D eigenvalue weighted by Crippen LogP contribution is -2.58. The van der Waals surface area contributed by atoms with Crippen molar-refractivity contribution in [1.82, 2.24) is 15.2 Å². The van der Waals surface area contributed by atoms with E-state index in [0.717, 1.165) is 17.9 Å². The lowest BCUT2D eigenvalue weighted by atomic mass is 10.1. The molecule has 2 heterocycles. The molecule has 1 N–H and O–H groups in total. The standard InChI is InChI=1S/C17H21FN4O2/c1-12-20-14(11-24-12)9-22-8-7-21(10-16(22)17(23)19-2)15-5-3-13(18)4-6-15/h3-6,11,16H,7-10H2,1-2H3,(H,19,23). The minimum atomic E-state index is -0.300. The van der Waals surface area contributed by atoms with Crippen molar-refractivity contribution in [3.8, 4) is 0 Å². The van der Waals surface area contributed by atoms with Gasteiger partial charge in [0.2, 0.25) is 5.91 Å². The number of rotatable bonds is 4. The molecule has 1 aromatic heterocycles. The zero-order chi connectivity index (χ0) is 17.1. The Morgan fingerprint density at radius 1 is 1.38 bits per heavy atom. The van der Waals surface area contributed by atoms with Gasteiger partial charge in [0.15, 0.2) is 5.89 Å². The van der Waals surface area contributed by atoms with Gasteiger partial charge in [-0.15, -0.1) is 0 Å². The Morgan fingerprint density at radius 2 is 2.12 bits per heavy atom. The van der Waals surface area contributed by atoms with Crippen molar-refractivity contribution < 1.29 is 13.6 Å². The predicted molar refractivity (Wildman–Crippen MR) is 88.1 cm³/mol. The summed E-state index contributed by atoms with van der Waals surface area (Å²) in [6.45, 7) is 4.37. The molecule has 0 aliphatic carbocycles. The number of anilines is 1. The van der Waals surface area contributed by atoms with E-state index in [2.05, 4.69) is 20.1 Å². The summed E-state index contributed by atoms with van der Waals surface area (Å²) in [6.07, 6.45) is 1.63. The second kappa shape index (κ2) is 7.00. The minimum absolute atomic E-state index is 0.0398. The molecule has 1 saturated heterocycles. The monoisotopic (exact) mass is 332 g/mol. The molecule has 0 radical (unpaired) electrons. The highest BCUT2D eigenvalue weighted by Gasteiger charge is 2.32. The molecule has 7 heteroatoms. The highest BCUT2D eigenvalue weighted by Crippen LogP contribution is 2.21. The van der Waals surface area contributed by atoms with E-state index in [4.69, 9.17) is 4.42 Å². The van der Waals surface area contributed by atoms with Crippen molar-refractivity contribution in [3.05, 3.63) is 47.9 Å². The van der Waals surface area contributed by atoms with Gasteiger partial charge in [-0.2, -0.15) is 0 Å². The summed E-state index contributed by atoms with van der Waals surface area (Å²) >= 11 is 0. The van der Waals surface area contributed by atoms with Crippen molar-refractivity contribution in [2.75, 3.05) is 31.6 Å². The van der Waals surface area contributed by atoms with Crippen molar-refractivity contribution >= 4 is 11.6 Å². The summed E-state index contributed by atoms with van der Waals surface area (Å²) in [5.41, 5.74) is 1.74. The zero-order valence-electron chi connectivity index (χ0n) is 13.8. The quantitative estimate of drug-likeness (QED) is 0.921. The summed E-state index contributed by atoms with van der Waals surface area (Å²) in [5, 5.41) is 2.73. The van der Waals surface area contributed by atoms with Crippen LogP contribution in [0.25, 0.3) is 0 Å². The van der Waals surface area contributed by atoms with Crippen LogP contribution in [0.2, 0.25) is 0 Å². The molecule has 1 aliphatic rings. The number of oxazole rings is 1. The number of hydrogen-bond acceptors (Lipinski definition) is 5. The molecule has 24 heavy (non-hydrogen) atoms. The number of halogens is 1. The molecule has 1 aromatic carbocycles. The third-order valence-electron chi connectivity index (χ3n) is 4.26. The fourth-order valence-corrected chi connectivity index (χ4v) is 3.00. The van der Waals surface area contributed by atoms with Crippen LogP contribution in [0.3, 0.4) is 0 Å². The maximum Gasteiger partial charge on any atom is 0.238 e. The molecule has 1 unspecified atom stereocenters. The number of benzene rings is 1. The molecule has 1 fully saturated rings. The molecule has 0 saturated carbocycles. The second-order valence-electron chi connectivity index (χ2n) is 5.88. The fourth-order valence-electron chi connectivity index (χ4n) is 3.00. The first-order chi connectivity index (χ1) is 11.6. The molecule has 128 valence electrons. The highest BCUT2D eigenvalue weighted by atomic mass is 19.1. The Balaban J connectivity index is 1.75. The van der Waals surface area contributed by atoms with E-state index in [-0.39, 0.29) is 17.8 Å². The first-order valence-electron chi connectivity index (χ1n) is 7.94. The van der Waals surface area contributed by atoms with Crippen molar-refractivity contribution in [1.29, 1.82) is 0 Å². The van der Waals surface area contributed by atoms with Crippen LogP contribution in [0.5, 0.6) is 0 Å². The summed E-state index contributed by atoms with van der Waals surface area (Å²) in [4.78, 5) is 20.8. The van der Waals surface area contributed by atoms with Crippen LogP contribution in [0.4, 0.5) is 10.1 Å². The zero-order valence-corrected chi connectivity index (χ0v) is 13.8. The number of carbonyl (C=O) groups is 1. The largest absolute Gasteiger partial charge is 0.449 e. The van der Waals surface area contributed by atoms with Crippen LogP contribution in [0.1, 0.15) is 11.6 Å². The summed E-state index contributed by atoms with van der Waals surface area (Å²) < 4.78 is 18.4. The molecular weight excluding hydrogens is 311 g/mol. The lowest BCUT2D eigenvalue weighted by Gasteiger charge is -2.41. The number of hydrogen-bond donors (Lipinski definition) is 1. The summed E-state index contributed by atoms with van der Waals surface area (Å²) in [6, 6.07) is 6.06. The van der Waals surface area contributed by atoms with Gasteiger partial charge in [0.05, 0.1) is 5.69 Å². The number of likely N-dealkylation sites (N-methyl/N-ethyl adjacent to an activating group) is 1. The minimum Gasteiger partial charge on any atom is -0.449 e. The van der Waals surface area contributed by atoms with Gasteiger partial charge >= 0.3 is 0 Å². The molecule has 1 aliphatic heterocycles. The van der Waals surface area contributed by atoms with E-state index in [0.29, 0.717) is 25.5 Å². The van der Waals surface area contributed by atoms with Crippen LogP contribution in [-0.2, 0) is 11.3 Å². The number of amides is 1. The normalized spacial score (nSPS) is 18.6. The number of nitrogens with zero attached hydrogens (tertiary/aromatic N) is 3. The number of nitrogens with one attached hydrogen (secondary N) is 1. The maximum absolute atomic E-state index is 13.1. The van der Waals surface area contributed by atoms with Crippen LogP contribution in [0, 0.1) is 12.7 Å². The van der Waals surface area contributed by atoms with Crippen molar-refractivity contribution in [2.45, 2.75) is 19.5 Å². The number of piperazine rings is 1. The van der Waals surface area contributed by atoms with Gasteiger partial charge in [-0.1, -0.05) is 0 Å². The van der Waals surface area contributed by atoms with Gasteiger partial charge < -0.3 is 14.6 Å². The van der Waals surface area contributed by atoms with E-state index < -0.39 is 0 Å². The van der Waals surface area contributed by atoms with Gasteiger partial charge in [-0.25, -0.2) is 9.37 Å². The van der Waals surface area contributed by atoms with Gasteiger partial charge in [0, 0.05) is 45.8 Å². The Morgan fingerprint density at radius 3 is 2.75 bits per heavy atom. The molecule has 0 spiro atoms. The Hall–Kier alpha value is -2.41. The summed E-state index contributed by atoms with van der Waals surface area (Å²) in [5.74, 6) is 0.315. The van der Waals surface area contributed by atoms with E-state index in [1.165, 1.54) is 12.1 Å². The maximum atomic E-state index is 13.1. The van der Waals surface area contributed by atoms with E-state index in [1.807, 2.05) is 0 Å². The van der Waals surface area contributed by atoms with E-state index in [1.54, 1.807) is 32.4 Å². The molecular formula is C17H21FN4O2. The molecule has 0 bridgehead atoms. The third kappa shape index (κ3) is 3.56. The smallest absolute Gasteiger partial charge is 0.238 e. The van der Waals surface area contributed by atoms with Crippen LogP contribution in [-0.4, -0.2) is 48.5 Å². The first-order valence-corrected chi connectivity index (χ1v) is 7.94.